The van der Waals surface area contributed by atoms with Gasteiger partial charge in [0.15, 0.2) is 5.96 Å². The fourth-order valence-electron chi connectivity index (χ4n) is 2.43. The predicted molar refractivity (Wildman–Crippen MR) is 125 cm³/mol. The molecule has 0 heterocycles. The van der Waals surface area contributed by atoms with Gasteiger partial charge in [0.05, 0.1) is 13.2 Å². The van der Waals surface area contributed by atoms with Crippen LogP contribution in [0.2, 0.25) is 0 Å². The third kappa shape index (κ3) is 12.1. The number of guanidine groups is 1. The summed E-state index contributed by atoms with van der Waals surface area (Å²) >= 11 is 0. The molecule has 0 atom stereocenters. The van der Waals surface area contributed by atoms with E-state index < -0.39 is 0 Å². The Morgan fingerprint density at radius 2 is 1.96 bits per heavy atom. The molecule has 0 spiro atoms. The minimum absolute atomic E-state index is 0. The smallest absolute Gasteiger partial charge is 0.251 e. The third-order valence-corrected chi connectivity index (χ3v) is 3.87. The molecule has 160 valence electrons. The van der Waals surface area contributed by atoms with Gasteiger partial charge in [-0.25, -0.2) is 0 Å². The molecule has 0 aromatic heterocycles. The number of unbranched alkanes of at least 4 members (excludes halogenated alkanes) is 1. The lowest BCUT2D eigenvalue weighted by molar-refractivity contribution is 0.0690. The normalized spacial score (nSPS) is 10.9. The second-order valence-electron chi connectivity index (χ2n) is 6.03. The van der Waals surface area contributed by atoms with Gasteiger partial charge in [-0.15, -0.1) is 24.0 Å². The average molecular weight is 506 g/mol. The number of carbonyl (C=O) groups is 1. The highest BCUT2D eigenvalue weighted by Gasteiger charge is 2.04. The number of methoxy groups -OCH3 is 1. The highest BCUT2D eigenvalue weighted by atomic mass is 127. The van der Waals surface area contributed by atoms with Crippen molar-refractivity contribution in [2.24, 2.45) is 4.99 Å². The SMILES string of the molecule is CCNC(=NCCCCOCCOC)NCCc1cccc(C(=O)NC)c1.I. The molecular formula is C20H35IN4O3. The van der Waals surface area contributed by atoms with E-state index in [4.69, 9.17) is 9.47 Å². The maximum absolute atomic E-state index is 11.7. The Bertz CT molecular complexity index is 570. The van der Waals surface area contributed by atoms with E-state index in [9.17, 15) is 4.79 Å². The number of hydrogen-bond acceptors (Lipinski definition) is 4. The molecular weight excluding hydrogens is 471 g/mol. The lowest BCUT2D eigenvalue weighted by atomic mass is 10.1. The third-order valence-electron chi connectivity index (χ3n) is 3.87. The Morgan fingerprint density at radius 1 is 1.14 bits per heavy atom. The van der Waals surface area contributed by atoms with Crippen LogP contribution in [0.5, 0.6) is 0 Å². The summed E-state index contributed by atoms with van der Waals surface area (Å²) in [6, 6.07) is 7.68. The largest absolute Gasteiger partial charge is 0.382 e. The van der Waals surface area contributed by atoms with Crippen molar-refractivity contribution in [3.63, 3.8) is 0 Å². The van der Waals surface area contributed by atoms with Crippen LogP contribution in [0.15, 0.2) is 29.3 Å². The summed E-state index contributed by atoms with van der Waals surface area (Å²) < 4.78 is 10.4. The van der Waals surface area contributed by atoms with Gasteiger partial charge in [0.1, 0.15) is 0 Å². The van der Waals surface area contributed by atoms with E-state index in [1.54, 1.807) is 14.2 Å². The van der Waals surface area contributed by atoms with Crippen LogP contribution in [0.3, 0.4) is 0 Å². The molecule has 7 nitrogen and oxygen atoms in total. The first kappa shape index (κ1) is 26.6. The molecule has 0 aliphatic heterocycles. The summed E-state index contributed by atoms with van der Waals surface area (Å²) in [6.45, 7) is 6.40. The van der Waals surface area contributed by atoms with Crippen LogP contribution in [0.25, 0.3) is 0 Å². The van der Waals surface area contributed by atoms with Crippen molar-refractivity contribution < 1.29 is 14.3 Å². The zero-order chi connectivity index (χ0) is 19.7. The molecule has 3 N–H and O–H groups in total. The standard InChI is InChI=1S/C20H34N4O3.HI/c1-4-22-20(23-11-5-6-13-27-15-14-26-3)24-12-10-17-8-7-9-18(16-17)19(25)21-2;/h7-9,16H,4-6,10-15H2,1-3H3,(H,21,25)(H2,22,23,24);1H. The number of rotatable bonds is 13. The second kappa shape index (κ2) is 17.7. The predicted octanol–water partition coefficient (Wildman–Crippen LogP) is 2.21. The number of nitrogens with one attached hydrogen (secondary N) is 3. The van der Waals surface area contributed by atoms with Crippen molar-refractivity contribution >= 4 is 35.8 Å². The van der Waals surface area contributed by atoms with E-state index in [-0.39, 0.29) is 29.9 Å². The summed E-state index contributed by atoms with van der Waals surface area (Å²) in [5.41, 5.74) is 1.80. The van der Waals surface area contributed by atoms with Gasteiger partial charge in [-0.1, -0.05) is 12.1 Å². The number of hydrogen-bond donors (Lipinski definition) is 3. The quantitative estimate of drug-likeness (QED) is 0.165. The monoisotopic (exact) mass is 506 g/mol. The van der Waals surface area contributed by atoms with Crippen LogP contribution >= 0.6 is 24.0 Å². The van der Waals surface area contributed by atoms with Gasteiger partial charge in [-0.05, 0) is 43.9 Å². The van der Waals surface area contributed by atoms with Gasteiger partial charge in [0, 0.05) is 46.0 Å². The van der Waals surface area contributed by atoms with Gasteiger partial charge >= 0.3 is 0 Å². The summed E-state index contributed by atoms with van der Waals surface area (Å²) in [4.78, 5) is 16.3. The molecule has 0 fully saturated rings. The van der Waals surface area contributed by atoms with Crippen molar-refractivity contribution in [1.82, 2.24) is 16.0 Å². The molecule has 1 rings (SSSR count). The van der Waals surface area contributed by atoms with Crippen LogP contribution in [-0.2, 0) is 15.9 Å². The van der Waals surface area contributed by atoms with E-state index in [2.05, 4.69) is 20.9 Å². The number of aliphatic imine (C=N–C) groups is 1. The van der Waals surface area contributed by atoms with E-state index >= 15 is 0 Å². The maximum atomic E-state index is 11.7. The van der Waals surface area contributed by atoms with Crippen molar-refractivity contribution in [2.75, 3.05) is 53.6 Å². The molecule has 0 radical (unpaired) electrons. The van der Waals surface area contributed by atoms with Gasteiger partial charge in [0.2, 0.25) is 0 Å². The zero-order valence-corrected chi connectivity index (χ0v) is 19.6. The molecule has 1 amide bonds. The maximum Gasteiger partial charge on any atom is 0.251 e. The number of benzene rings is 1. The van der Waals surface area contributed by atoms with Crippen molar-refractivity contribution in [1.29, 1.82) is 0 Å². The minimum Gasteiger partial charge on any atom is -0.382 e. The molecule has 0 saturated heterocycles. The molecule has 0 bridgehead atoms. The molecule has 0 unspecified atom stereocenters. The molecule has 8 heteroatoms. The summed E-state index contributed by atoms with van der Waals surface area (Å²) in [5, 5.41) is 9.24. The Kier molecular flexibility index (Phi) is 16.8. The van der Waals surface area contributed by atoms with E-state index in [0.717, 1.165) is 57.0 Å². The first-order valence-electron chi connectivity index (χ1n) is 9.61. The van der Waals surface area contributed by atoms with Crippen molar-refractivity contribution in [3.05, 3.63) is 35.4 Å². The molecule has 1 aromatic carbocycles. The number of halogens is 1. The van der Waals surface area contributed by atoms with Crippen LogP contribution < -0.4 is 16.0 Å². The summed E-state index contributed by atoms with van der Waals surface area (Å²) in [6.07, 6.45) is 2.79. The van der Waals surface area contributed by atoms with Crippen LogP contribution in [-0.4, -0.2) is 65.5 Å². The summed E-state index contributed by atoms with van der Waals surface area (Å²) in [5.74, 6) is 0.756. The lowest BCUT2D eigenvalue weighted by Gasteiger charge is -2.12. The Labute approximate surface area is 186 Å². The number of amides is 1. The number of ether oxygens (including phenoxy) is 2. The van der Waals surface area contributed by atoms with Gasteiger partial charge in [0.25, 0.3) is 5.91 Å². The molecule has 1 aromatic rings. The molecule has 0 aliphatic carbocycles. The van der Waals surface area contributed by atoms with E-state index in [0.29, 0.717) is 18.8 Å². The molecule has 0 aliphatic rings. The highest BCUT2D eigenvalue weighted by Crippen LogP contribution is 2.05. The van der Waals surface area contributed by atoms with Crippen molar-refractivity contribution in [3.8, 4) is 0 Å². The Morgan fingerprint density at radius 3 is 2.68 bits per heavy atom. The highest BCUT2D eigenvalue weighted by molar-refractivity contribution is 14.0. The van der Waals surface area contributed by atoms with Gasteiger partial charge in [-0.2, -0.15) is 0 Å². The fraction of sp³-hybridized carbons (Fsp3) is 0.600. The first-order chi connectivity index (χ1) is 13.2. The lowest BCUT2D eigenvalue weighted by Crippen LogP contribution is -2.38. The van der Waals surface area contributed by atoms with Crippen LogP contribution in [0, 0.1) is 0 Å². The van der Waals surface area contributed by atoms with E-state index in [1.807, 2.05) is 31.2 Å². The van der Waals surface area contributed by atoms with Crippen LogP contribution in [0.4, 0.5) is 0 Å². The molecule has 28 heavy (non-hydrogen) atoms. The van der Waals surface area contributed by atoms with Crippen LogP contribution in [0.1, 0.15) is 35.7 Å². The zero-order valence-electron chi connectivity index (χ0n) is 17.3. The number of carbonyl (C=O) groups excluding carboxylic acids is 1. The second-order valence-corrected chi connectivity index (χ2v) is 6.03. The van der Waals surface area contributed by atoms with E-state index in [1.165, 1.54) is 0 Å². The average Bonchev–Trinajstić information content (AvgIpc) is 2.69. The number of nitrogens with zero attached hydrogens (tertiary/aromatic N) is 1. The van der Waals surface area contributed by atoms with Gasteiger partial charge in [-0.3, -0.25) is 9.79 Å². The summed E-state index contributed by atoms with van der Waals surface area (Å²) in [7, 11) is 3.31. The molecule has 0 saturated carbocycles. The van der Waals surface area contributed by atoms with Gasteiger partial charge < -0.3 is 25.4 Å². The Hall–Kier alpha value is -1.39. The minimum atomic E-state index is -0.0640. The first-order valence-corrected chi connectivity index (χ1v) is 9.61. The Balaban J connectivity index is 0.00000729. The topological polar surface area (TPSA) is 84.0 Å². The fourth-order valence-corrected chi connectivity index (χ4v) is 2.43. The van der Waals surface area contributed by atoms with Crippen molar-refractivity contribution in [2.45, 2.75) is 26.2 Å².